The minimum Gasteiger partial charge on any atom is -0.342 e. The number of carbonyl (C=O) groups excluding carboxylic acids is 1. The number of halogens is 2. The molecule has 0 saturated heterocycles. The highest BCUT2D eigenvalue weighted by Gasteiger charge is 2.57. The van der Waals surface area contributed by atoms with Crippen LogP contribution in [-0.2, 0) is 12.6 Å². The fourth-order valence-electron chi connectivity index (χ4n) is 5.31. The molecule has 1 N–H and O–H groups in total. The van der Waals surface area contributed by atoms with Gasteiger partial charge in [-0.05, 0) is 49.1 Å². The molecule has 2 bridgehead atoms. The van der Waals surface area contributed by atoms with Crippen LogP contribution in [-0.4, -0.2) is 15.7 Å². The minimum absolute atomic E-state index is 0.0267. The van der Waals surface area contributed by atoms with Gasteiger partial charge in [0.1, 0.15) is 5.69 Å². The summed E-state index contributed by atoms with van der Waals surface area (Å²) in [5, 5.41) is 6.98. The number of aryl methyl sites for hydroxylation is 2. The van der Waals surface area contributed by atoms with Gasteiger partial charge in [-0.1, -0.05) is 37.1 Å². The van der Waals surface area contributed by atoms with Crippen LogP contribution in [0.5, 0.6) is 0 Å². The Bertz CT molecular complexity index is 892. The monoisotopic (exact) mass is 373 g/mol. The summed E-state index contributed by atoms with van der Waals surface area (Å²) in [6, 6.07) is 6.42. The average molecular weight is 373 g/mol. The highest BCUT2D eigenvalue weighted by atomic mass is 19.3. The summed E-state index contributed by atoms with van der Waals surface area (Å²) in [5.41, 5.74) is 2.76. The van der Waals surface area contributed by atoms with E-state index in [0.29, 0.717) is 11.8 Å². The van der Waals surface area contributed by atoms with E-state index in [1.807, 2.05) is 0 Å². The molecule has 1 saturated carbocycles. The number of rotatable bonds is 5. The van der Waals surface area contributed by atoms with Crippen LogP contribution in [0, 0.1) is 12.8 Å². The predicted molar refractivity (Wildman–Crippen MR) is 98.9 cm³/mol. The lowest BCUT2D eigenvalue weighted by atomic mass is 9.81. The second kappa shape index (κ2) is 6.43. The van der Waals surface area contributed by atoms with Crippen molar-refractivity contribution in [1.29, 1.82) is 0 Å². The summed E-state index contributed by atoms with van der Waals surface area (Å²) in [6.07, 6.45) is 2.53. The normalized spacial score (nSPS) is 25.9. The highest BCUT2D eigenvalue weighted by Crippen LogP contribution is 2.61. The second-order valence-corrected chi connectivity index (χ2v) is 7.96. The van der Waals surface area contributed by atoms with Crippen LogP contribution in [0.25, 0.3) is 0 Å². The molecular formula is C21H25F2N3O. The molecule has 4 rings (SSSR count). The Morgan fingerprint density at radius 2 is 2.22 bits per heavy atom. The number of hydrogen-bond donors (Lipinski definition) is 1. The Morgan fingerprint density at radius 3 is 2.93 bits per heavy atom. The molecule has 1 aromatic carbocycles. The van der Waals surface area contributed by atoms with E-state index in [1.165, 1.54) is 27.6 Å². The highest BCUT2D eigenvalue weighted by molar-refractivity contribution is 5.96. The van der Waals surface area contributed by atoms with Crippen LogP contribution >= 0.6 is 0 Å². The third-order valence-corrected chi connectivity index (χ3v) is 6.30. The molecule has 2 aliphatic carbocycles. The fraction of sp³-hybridized carbons (Fsp3) is 0.524. The Balaban J connectivity index is 1.74. The van der Waals surface area contributed by atoms with Gasteiger partial charge in [0.05, 0.1) is 11.1 Å². The largest absolute Gasteiger partial charge is 0.342 e. The van der Waals surface area contributed by atoms with Crippen LogP contribution in [0.2, 0.25) is 0 Å². The van der Waals surface area contributed by atoms with Gasteiger partial charge in [0.25, 0.3) is 12.3 Å². The summed E-state index contributed by atoms with van der Waals surface area (Å²) in [7, 11) is 1.56. The SMILES string of the molecule is CCCC1C2CCC1(NC(=O)c1cn(C)nc1C(F)F)c1ccc(C)cc12. The number of nitrogens with zero attached hydrogens (tertiary/aromatic N) is 2. The molecule has 1 fully saturated rings. The third-order valence-electron chi connectivity index (χ3n) is 6.30. The van der Waals surface area contributed by atoms with Crippen molar-refractivity contribution in [2.24, 2.45) is 13.0 Å². The number of amides is 1. The van der Waals surface area contributed by atoms with Gasteiger partial charge in [-0.2, -0.15) is 5.10 Å². The van der Waals surface area contributed by atoms with Gasteiger partial charge in [0, 0.05) is 13.2 Å². The molecule has 3 atom stereocenters. The molecule has 6 heteroatoms. The van der Waals surface area contributed by atoms with Crippen molar-refractivity contribution < 1.29 is 13.6 Å². The van der Waals surface area contributed by atoms with Crippen molar-refractivity contribution in [3.63, 3.8) is 0 Å². The standard InChI is InChI=1S/C21H25F2N3O/c1-4-5-16-13-8-9-21(16,17-7-6-12(2)10-14(13)17)24-20(27)15-11-26(3)25-18(15)19(22)23/h6-7,10-11,13,16,19H,4-5,8-9H2,1-3H3,(H,24,27). The van der Waals surface area contributed by atoms with E-state index in [4.69, 9.17) is 0 Å². The lowest BCUT2D eigenvalue weighted by Gasteiger charge is -2.34. The number of alkyl halides is 2. The molecule has 2 aliphatic rings. The smallest absolute Gasteiger partial charge is 0.282 e. The Morgan fingerprint density at radius 1 is 1.44 bits per heavy atom. The van der Waals surface area contributed by atoms with Crippen LogP contribution in [0.15, 0.2) is 24.4 Å². The molecule has 144 valence electrons. The minimum atomic E-state index is -2.77. The van der Waals surface area contributed by atoms with Crippen molar-refractivity contribution in [3.8, 4) is 0 Å². The first-order valence-electron chi connectivity index (χ1n) is 9.62. The van der Waals surface area contributed by atoms with E-state index in [2.05, 4.69) is 42.5 Å². The molecule has 27 heavy (non-hydrogen) atoms. The van der Waals surface area contributed by atoms with Gasteiger partial charge in [0.2, 0.25) is 0 Å². The molecule has 0 aliphatic heterocycles. The number of hydrogen-bond acceptors (Lipinski definition) is 2. The third kappa shape index (κ3) is 2.68. The summed E-state index contributed by atoms with van der Waals surface area (Å²) in [4.78, 5) is 13.1. The molecule has 1 heterocycles. The van der Waals surface area contributed by atoms with Crippen molar-refractivity contribution >= 4 is 5.91 Å². The summed E-state index contributed by atoms with van der Waals surface area (Å²) in [5.74, 6) is 0.298. The summed E-state index contributed by atoms with van der Waals surface area (Å²) >= 11 is 0. The molecule has 2 aromatic rings. The molecule has 1 aromatic heterocycles. The van der Waals surface area contributed by atoms with Gasteiger partial charge >= 0.3 is 0 Å². The number of fused-ring (bicyclic) bond motifs is 5. The Hall–Kier alpha value is -2.24. The van der Waals surface area contributed by atoms with Gasteiger partial charge in [-0.25, -0.2) is 8.78 Å². The zero-order valence-corrected chi connectivity index (χ0v) is 15.9. The van der Waals surface area contributed by atoms with E-state index in [9.17, 15) is 13.6 Å². The lowest BCUT2D eigenvalue weighted by molar-refractivity contribution is 0.0856. The maximum Gasteiger partial charge on any atom is 0.282 e. The number of aromatic nitrogens is 2. The Labute approximate surface area is 158 Å². The first-order chi connectivity index (χ1) is 12.9. The zero-order chi connectivity index (χ0) is 19.3. The molecule has 0 radical (unpaired) electrons. The van der Waals surface area contributed by atoms with Crippen LogP contribution in [0.4, 0.5) is 8.78 Å². The Kier molecular flexibility index (Phi) is 4.32. The molecule has 0 spiro atoms. The second-order valence-electron chi connectivity index (χ2n) is 7.96. The maximum atomic E-state index is 13.3. The topological polar surface area (TPSA) is 46.9 Å². The molecular weight excluding hydrogens is 348 g/mol. The van der Waals surface area contributed by atoms with Crippen molar-refractivity contribution in [1.82, 2.24) is 15.1 Å². The van der Waals surface area contributed by atoms with Crippen LogP contribution in [0.3, 0.4) is 0 Å². The predicted octanol–water partition coefficient (Wildman–Crippen LogP) is 4.60. The van der Waals surface area contributed by atoms with E-state index >= 15 is 0 Å². The average Bonchev–Trinajstić information content (AvgIpc) is 3.24. The van der Waals surface area contributed by atoms with Crippen molar-refractivity contribution in [2.75, 3.05) is 0 Å². The summed E-state index contributed by atoms with van der Waals surface area (Å²) < 4.78 is 27.9. The molecule has 1 amide bonds. The zero-order valence-electron chi connectivity index (χ0n) is 15.9. The van der Waals surface area contributed by atoms with E-state index in [0.717, 1.165) is 25.7 Å². The van der Waals surface area contributed by atoms with E-state index < -0.39 is 23.6 Å². The maximum absolute atomic E-state index is 13.3. The van der Waals surface area contributed by atoms with E-state index in [-0.39, 0.29) is 5.56 Å². The molecule has 4 nitrogen and oxygen atoms in total. The van der Waals surface area contributed by atoms with Gasteiger partial charge in [-0.15, -0.1) is 0 Å². The number of nitrogens with one attached hydrogen (secondary N) is 1. The van der Waals surface area contributed by atoms with Gasteiger partial charge in [0.15, 0.2) is 0 Å². The van der Waals surface area contributed by atoms with Gasteiger partial charge in [-0.3, -0.25) is 9.48 Å². The van der Waals surface area contributed by atoms with Crippen LogP contribution in [0.1, 0.15) is 77.7 Å². The lowest BCUT2D eigenvalue weighted by Crippen LogP contribution is -2.47. The summed E-state index contributed by atoms with van der Waals surface area (Å²) in [6.45, 7) is 4.23. The van der Waals surface area contributed by atoms with Crippen molar-refractivity contribution in [2.45, 2.75) is 57.4 Å². The fourth-order valence-corrected chi connectivity index (χ4v) is 5.31. The molecule has 3 unspecified atom stereocenters. The van der Waals surface area contributed by atoms with Crippen LogP contribution < -0.4 is 5.32 Å². The first-order valence-corrected chi connectivity index (χ1v) is 9.62. The number of carbonyl (C=O) groups is 1. The van der Waals surface area contributed by atoms with E-state index in [1.54, 1.807) is 7.05 Å². The van der Waals surface area contributed by atoms with Gasteiger partial charge < -0.3 is 5.32 Å². The first kappa shape index (κ1) is 18.1. The van der Waals surface area contributed by atoms with Crippen molar-refractivity contribution in [3.05, 3.63) is 52.3 Å². The quantitative estimate of drug-likeness (QED) is 0.833. The number of benzene rings is 1.